The van der Waals surface area contributed by atoms with Crippen LogP contribution >= 0.6 is 0 Å². The van der Waals surface area contributed by atoms with Gasteiger partial charge in [0, 0.05) is 38.6 Å². The highest BCUT2D eigenvalue weighted by Crippen LogP contribution is 1.97. The van der Waals surface area contributed by atoms with E-state index in [9.17, 15) is 0 Å². The summed E-state index contributed by atoms with van der Waals surface area (Å²) in [5, 5.41) is 6.36. The molecular formula is C10H18N4O. The number of aromatic nitrogens is 2. The van der Waals surface area contributed by atoms with E-state index in [4.69, 9.17) is 4.74 Å². The van der Waals surface area contributed by atoms with Crippen molar-refractivity contribution in [1.29, 1.82) is 0 Å². The normalized spacial score (nSPS) is 10.3. The zero-order chi connectivity index (χ0) is 10.9. The van der Waals surface area contributed by atoms with E-state index >= 15 is 0 Å². The highest BCUT2D eigenvalue weighted by atomic mass is 16.5. The molecule has 5 heteroatoms. The van der Waals surface area contributed by atoms with E-state index in [1.807, 2.05) is 13.0 Å². The molecular weight excluding hydrogens is 192 g/mol. The number of ether oxygens (including phenoxy) is 1. The molecule has 1 heterocycles. The monoisotopic (exact) mass is 210 g/mol. The number of anilines is 1. The fraction of sp³-hybridized carbons (Fsp3) is 0.600. The summed E-state index contributed by atoms with van der Waals surface area (Å²) in [4.78, 5) is 8.33. The Bertz CT molecular complexity index is 280. The highest BCUT2D eigenvalue weighted by molar-refractivity contribution is 5.24. The molecule has 0 fully saturated rings. The van der Waals surface area contributed by atoms with Gasteiger partial charge in [-0.15, -0.1) is 0 Å². The first kappa shape index (κ1) is 11.9. The molecule has 2 N–H and O–H groups in total. The summed E-state index contributed by atoms with van der Waals surface area (Å²) in [5.74, 6) is 0.684. The minimum absolute atomic E-state index is 0.684. The first-order chi connectivity index (χ1) is 7.33. The minimum Gasteiger partial charge on any atom is -0.383 e. The van der Waals surface area contributed by atoms with Crippen LogP contribution in [0, 0.1) is 6.92 Å². The molecule has 0 saturated heterocycles. The van der Waals surface area contributed by atoms with E-state index in [-0.39, 0.29) is 0 Å². The van der Waals surface area contributed by atoms with Crippen molar-refractivity contribution < 1.29 is 4.74 Å². The largest absolute Gasteiger partial charge is 0.383 e. The molecule has 0 aliphatic carbocycles. The van der Waals surface area contributed by atoms with E-state index in [0.717, 1.165) is 31.9 Å². The molecule has 0 atom stereocenters. The van der Waals surface area contributed by atoms with Crippen molar-refractivity contribution in [2.45, 2.75) is 6.92 Å². The molecule has 0 aliphatic heterocycles. The first-order valence-corrected chi connectivity index (χ1v) is 5.06. The van der Waals surface area contributed by atoms with Gasteiger partial charge >= 0.3 is 0 Å². The van der Waals surface area contributed by atoms with Gasteiger partial charge in [-0.05, 0) is 13.0 Å². The highest BCUT2D eigenvalue weighted by Gasteiger charge is 1.94. The zero-order valence-corrected chi connectivity index (χ0v) is 9.29. The van der Waals surface area contributed by atoms with Crippen molar-refractivity contribution in [2.75, 3.05) is 38.7 Å². The van der Waals surface area contributed by atoms with Crippen LogP contribution in [0.15, 0.2) is 12.3 Å². The molecule has 0 aliphatic rings. The third kappa shape index (κ3) is 5.29. The summed E-state index contributed by atoms with van der Waals surface area (Å²) in [5.41, 5.74) is 0.972. The third-order valence-electron chi connectivity index (χ3n) is 1.86. The summed E-state index contributed by atoms with van der Waals surface area (Å²) < 4.78 is 4.91. The Morgan fingerprint density at radius 1 is 1.33 bits per heavy atom. The fourth-order valence-electron chi connectivity index (χ4n) is 1.10. The van der Waals surface area contributed by atoms with Gasteiger partial charge in [-0.2, -0.15) is 0 Å². The topological polar surface area (TPSA) is 59.1 Å². The van der Waals surface area contributed by atoms with Crippen molar-refractivity contribution in [3.8, 4) is 0 Å². The Morgan fingerprint density at radius 2 is 2.20 bits per heavy atom. The van der Waals surface area contributed by atoms with Gasteiger partial charge in [-0.25, -0.2) is 9.97 Å². The lowest BCUT2D eigenvalue weighted by Crippen LogP contribution is -2.25. The fourth-order valence-corrected chi connectivity index (χ4v) is 1.10. The predicted molar refractivity (Wildman–Crippen MR) is 60.0 cm³/mol. The van der Waals surface area contributed by atoms with Crippen LogP contribution in [0.4, 0.5) is 5.95 Å². The quantitative estimate of drug-likeness (QED) is 0.639. The van der Waals surface area contributed by atoms with Gasteiger partial charge in [0.2, 0.25) is 5.95 Å². The van der Waals surface area contributed by atoms with Gasteiger partial charge < -0.3 is 15.4 Å². The smallest absolute Gasteiger partial charge is 0.222 e. The Hall–Kier alpha value is -1.20. The third-order valence-corrected chi connectivity index (χ3v) is 1.86. The second-order valence-corrected chi connectivity index (χ2v) is 3.19. The predicted octanol–water partition coefficient (Wildman–Crippen LogP) is 0.433. The second-order valence-electron chi connectivity index (χ2n) is 3.19. The van der Waals surface area contributed by atoms with Crippen molar-refractivity contribution in [3.63, 3.8) is 0 Å². The van der Waals surface area contributed by atoms with Gasteiger partial charge in [0.25, 0.3) is 0 Å². The summed E-state index contributed by atoms with van der Waals surface area (Å²) in [6.45, 7) is 5.24. The summed E-state index contributed by atoms with van der Waals surface area (Å²) in [7, 11) is 1.69. The number of nitrogens with zero attached hydrogens (tertiary/aromatic N) is 2. The molecule has 0 radical (unpaired) electrons. The lowest BCUT2D eigenvalue weighted by Gasteiger charge is -2.06. The Balaban J connectivity index is 2.10. The molecule has 0 spiro atoms. The van der Waals surface area contributed by atoms with Gasteiger partial charge in [0.1, 0.15) is 0 Å². The molecule has 1 aromatic heterocycles. The molecule has 84 valence electrons. The van der Waals surface area contributed by atoms with E-state index in [0.29, 0.717) is 5.95 Å². The van der Waals surface area contributed by atoms with Gasteiger partial charge in [0.05, 0.1) is 6.61 Å². The van der Waals surface area contributed by atoms with Gasteiger partial charge in [-0.1, -0.05) is 0 Å². The zero-order valence-electron chi connectivity index (χ0n) is 9.29. The number of hydrogen-bond acceptors (Lipinski definition) is 5. The van der Waals surface area contributed by atoms with Crippen LogP contribution in [-0.2, 0) is 4.74 Å². The molecule has 1 aromatic rings. The standard InChI is InChI=1S/C10H18N4O/c1-9-3-4-12-10(14-9)13-6-5-11-7-8-15-2/h3-4,11H,5-8H2,1-2H3,(H,12,13,14). The lowest BCUT2D eigenvalue weighted by molar-refractivity contribution is 0.200. The average Bonchev–Trinajstić information content (AvgIpc) is 2.23. The van der Waals surface area contributed by atoms with Crippen LogP contribution < -0.4 is 10.6 Å². The summed E-state index contributed by atoms with van der Waals surface area (Å²) >= 11 is 0. The van der Waals surface area contributed by atoms with Crippen LogP contribution in [0.1, 0.15) is 5.69 Å². The van der Waals surface area contributed by atoms with Crippen molar-refractivity contribution in [3.05, 3.63) is 18.0 Å². The molecule has 0 bridgehead atoms. The molecule has 15 heavy (non-hydrogen) atoms. The minimum atomic E-state index is 0.684. The van der Waals surface area contributed by atoms with E-state index in [1.54, 1.807) is 13.3 Å². The Kier molecular flexibility index (Phi) is 5.65. The van der Waals surface area contributed by atoms with Gasteiger partial charge in [-0.3, -0.25) is 0 Å². The Labute approximate surface area is 90.3 Å². The van der Waals surface area contributed by atoms with Crippen LogP contribution in [0.2, 0.25) is 0 Å². The maximum absolute atomic E-state index is 4.91. The molecule has 0 saturated carbocycles. The van der Waals surface area contributed by atoms with Crippen LogP contribution in [-0.4, -0.2) is 43.3 Å². The number of nitrogens with one attached hydrogen (secondary N) is 2. The maximum atomic E-state index is 4.91. The molecule has 5 nitrogen and oxygen atoms in total. The summed E-state index contributed by atoms with van der Waals surface area (Å²) in [6.07, 6.45) is 1.75. The number of rotatable bonds is 7. The van der Waals surface area contributed by atoms with Crippen molar-refractivity contribution in [2.24, 2.45) is 0 Å². The second kappa shape index (κ2) is 7.14. The number of aryl methyl sites for hydroxylation is 1. The summed E-state index contributed by atoms with van der Waals surface area (Å²) in [6, 6.07) is 1.88. The number of methoxy groups -OCH3 is 1. The van der Waals surface area contributed by atoms with Crippen LogP contribution in [0.5, 0.6) is 0 Å². The maximum Gasteiger partial charge on any atom is 0.222 e. The SMILES string of the molecule is COCCNCCNc1nccc(C)n1. The van der Waals surface area contributed by atoms with Crippen molar-refractivity contribution >= 4 is 5.95 Å². The van der Waals surface area contributed by atoms with E-state index < -0.39 is 0 Å². The molecule has 0 unspecified atom stereocenters. The van der Waals surface area contributed by atoms with E-state index in [2.05, 4.69) is 20.6 Å². The average molecular weight is 210 g/mol. The van der Waals surface area contributed by atoms with Gasteiger partial charge in [0.15, 0.2) is 0 Å². The number of hydrogen-bond donors (Lipinski definition) is 2. The van der Waals surface area contributed by atoms with Crippen LogP contribution in [0.25, 0.3) is 0 Å². The van der Waals surface area contributed by atoms with Crippen LogP contribution in [0.3, 0.4) is 0 Å². The first-order valence-electron chi connectivity index (χ1n) is 5.06. The molecule has 0 aromatic carbocycles. The molecule has 1 rings (SSSR count). The van der Waals surface area contributed by atoms with E-state index in [1.165, 1.54) is 0 Å². The molecule has 0 amide bonds. The lowest BCUT2D eigenvalue weighted by atomic mass is 10.5. The Morgan fingerprint density at radius 3 is 2.93 bits per heavy atom. The van der Waals surface area contributed by atoms with Crippen molar-refractivity contribution in [1.82, 2.24) is 15.3 Å².